The minimum Gasteiger partial charge on any atom is -0.504 e. The highest BCUT2D eigenvalue weighted by atomic mass is 16.5. The first-order valence-corrected chi connectivity index (χ1v) is 5.61. The fraction of sp³-hybridized carbons (Fsp3) is 0.538. The maximum atomic E-state index is 10.1. The van der Waals surface area contributed by atoms with Gasteiger partial charge in [0.05, 0.1) is 12.7 Å². The summed E-state index contributed by atoms with van der Waals surface area (Å²) in [6.07, 6.45) is 1.43. The van der Waals surface area contributed by atoms with Crippen LogP contribution in [0.15, 0.2) is 12.1 Å². The van der Waals surface area contributed by atoms with Crippen LogP contribution in [0.25, 0.3) is 0 Å². The minimum absolute atomic E-state index is 0.0758. The summed E-state index contributed by atoms with van der Waals surface area (Å²) in [5, 5.41) is 20.1. The molecule has 0 amide bonds. The molecule has 0 spiro atoms. The van der Waals surface area contributed by atoms with Crippen molar-refractivity contribution < 1.29 is 14.9 Å². The second-order valence-electron chi connectivity index (χ2n) is 4.81. The monoisotopic (exact) mass is 222 g/mol. The van der Waals surface area contributed by atoms with E-state index in [9.17, 15) is 10.2 Å². The molecule has 1 aromatic rings. The van der Waals surface area contributed by atoms with Crippen molar-refractivity contribution in [1.29, 1.82) is 0 Å². The number of benzene rings is 1. The summed E-state index contributed by atoms with van der Waals surface area (Å²) < 4.78 is 5.14. The second kappa shape index (κ2) is 3.67. The Bertz CT molecular complexity index is 406. The summed E-state index contributed by atoms with van der Waals surface area (Å²) in [6.45, 7) is 4.15. The molecular formula is C13H18O3. The van der Waals surface area contributed by atoms with Gasteiger partial charge in [0.1, 0.15) is 0 Å². The van der Waals surface area contributed by atoms with Crippen LogP contribution in [0.2, 0.25) is 0 Å². The lowest BCUT2D eigenvalue weighted by Crippen LogP contribution is -2.07. The third kappa shape index (κ3) is 1.76. The second-order valence-corrected chi connectivity index (χ2v) is 4.81. The fourth-order valence-electron chi connectivity index (χ4n) is 1.86. The van der Waals surface area contributed by atoms with Gasteiger partial charge in [-0.3, -0.25) is 0 Å². The summed E-state index contributed by atoms with van der Waals surface area (Å²) >= 11 is 0. The smallest absolute Gasteiger partial charge is 0.163 e. The highest BCUT2D eigenvalue weighted by Gasteiger charge is 2.45. The largest absolute Gasteiger partial charge is 0.504 e. The molecule has 0 aliphatic heterocycles. The summed E-state index contributed by atoms with van der Waals surface area (Å²) in [5.41, 5.74) is 0.850. The van der Waals surface area contributed by atoms with Gasteiger partial charge in [0, 0.05) is 5.56 Å². The Morgan fingerprint density at radius 1 is 1.31 bits per heavy atom. The number of aromatic hydroxyl groups is 1. The molecule has 0 unspecified atom stereocenters. The third-order valence-corrected chi connectivity index (χ3v) is 3.21. The molecule has 1 saturated carbocycles. The van der Waals surface area contributed by atoms with Crippen LogP contribution in [-0.2, 0) is 5.60 Å². The molecule has 0 bridgehead atoms. The van der Waals surface area contributed by atoms with E-state index in [1.54, 1.807) is 0 Å². The van der Waals surface area contributed by atoms with Crippen LogP contribution in [0.5, 0.6) is 11.5 Å². The van der Waals surface area contributed by atoms with Crippen LogP contribution in [-0.4, -0.2) is 17.3 Å². The maximum Gasteiger partial charge on any atom is 0.163 e. The van der Waals surface area contributed by atoms with Crippen molar-refractivity contribution in [3.63, 3.8) is 0 Å². The van der Waals surface area contributed by atoms with Gasteiger partial charge in [-0.1, -0.05) is 13.8 Å². The normalized spacial score (nSPS) is 17.6. The first-order valence-electron chi connectivity index (χ1n) is 5.61. The first-order chi connectivity index (χ1) is 7.48. The number of hydrogen-bond acceptors (Lipinski definition) is 3. The number of hydrogen-bond donors (Lipinski definition) is 2. The molecule has 2 rings (SSSR count). The zero-order valence-electron chi connectivity index (χ0n) is 9.95. The SMILES string of the molecule is COc1cc(C(C)C)cc(C2(O)CC2)c1O. The Balaban J connectivity index is 2.54. The van der Waals surface area contributed by atoms with Crippen molar-refractivity contribution in [3.8, 4) is 11.5 Å². The molecular weight excluding hydrogens is 204 g/mol. The summed E-state index contributed by atoms with van der Waals surface area (Å²) in [6, 6.07) is 3.71. The third-order valence-electron chi connectivity index (χ3n) is 3.21. The molecule has 0 aromatic heterocycles. The van der Waals surface area contributed by atoms with Crippen LogP contribution in [0.3, 0.4) is 0 Å². The zero-order chi connectivity index (χ0) is 11.9. The molecule has 0 atom stereocenters. The van der Waals surface area contributed by atoms with Crippen molar-refractivity contribution >= 4 is 0 Å². The van der Waals surface area contributed by atoms with E-state index >= 15 is 0 Å². The van der Waals surface area contributed by atoms with E-state index in [1.165, 1.54) is 7.11 Å². The highest BCUT2D eigenvalue weighted by Crippen LogP contribution is 2.51. The van der Waals surface area contributed by atoms with Crippen LogP contribution in [0.4, 0.5) is 0 Å². The van der Waals surface area contributed by atoms with Gasteiger partial charge in [0.25, 0.3) is 0 Å². The Kier molecular flexibility index (Phi) is 2.58. The molecule has 88 valence electrons. The zero-order valence-corrected chi connectivity index (χ0v) is 9.95. The summed E-state index contributed by atoms with van der Waals surface area (Å²) in [4.78, 5) is 0. The van der Waals surface area contributed by atoms with Crippen LogP contribution < -0.4 is 4.74 Å². The maximum absolute atomic E-state index is 10.1. The van der Waals surface area contributed by atoms with E-state index in [1.807, 2.05) is 12.1 Å². The molecule has 0 radical (unpaired) electrons. The Morgan fingerprint density at radius 2 is 1.94 bits per heavy atom. The Hall–Kier alpha value is -1.22. The van der Waals surface area contributed by atoms with E-state index in [-0.39, 0.29) is 5.75 Å². The van der Waals surface area contributed by atoms with Crippen LogP contribution in [0, 0.1) is 0 Å². The summed E-state index contributed by atoms with van der Waals surface area (Å²) in [5.74, 6) is 0.865. The number of methoxy groups -OCH3 is 1. The predicted octanol–water partition coefficient (Wildman–Crippen LogP) is 2.51. The molecule has 3 heteroatoms. The predicted molar refractivity (Wildman–Crippen MR) is 61.9 cm³/mol. The molecule has 1 aliphatic carbocycles. The van der Waals surface area contributed by atoms with Gasteiger partial charge in [0.2, 0.25) is 0 Å². The van der Waals surface area contributed by atoms with Crippen LogP contribution in [0.1, 0.15) is 43.7 Å². The molecule has 0 saturated heterocycles. The lowest BCUT2D eigenvalue weighted by molar-refractivity contribution is 0.147. The molecule has 16 heavy (non-hydrogen) atoms. The van der Waals surface area contributed by atoms with Gasteiger partial charge < -0.3 is 14.9 Å². The molecule has 1 aromatic carbocycles. The van der Waals surface area contributed by atoms with Crippen molar-refractivity contribution in [1.82, 2.24) is 0 Å². The van der Waals surface area contributed by atoms with Gasteiger partial charge in [-0.15, -0.1) is 0 Å². The average molecular weight is 222 g/mol. The van der Waals surface area contributed by atoms with E-state index in [4.69, 9.17) is 4.74 Å². The topological polar surface area (TPSA) is 49.7 Å². The van der Waals surface area contributed by atoms with Gasteiger partial charge in [-0.2, -0.15) is 0 Å². The number of rotatable bonds is 3. The average Bonchev–Trinajstić information content (AvgIpc) is 2.97. The molecule has 1 fully saturated rings. The van der Waals surface area contributed by atoms with E-state index in [0.717, 1.165) is 5.56 Å². The molecule has 0 heterocycles. The van der Waals surface area contributed by atoms with Gasteiger partial charge in [-0.05, 0) is 36.5 Å². The van der Waals surface area contributed by atoms with Gasteiger partial charge in [-0.25, -0.2) is 0 Å². The highest BCUT2D eigenvalue weighted by molar-refractivity contribution is 5.53. The van der Waals surface area contributed by atoms with Crippen molar-refractivity contribution in [2.75, 3.05) is 7.11 Å². The van der Waals surface area contributed by atoms with Crippen LogP contribution >= 0.6 is 0 Å². The molecule has 1 aliphatic rings. The molecule has 2 N–H and O–H groups in total. The lowest BCUT2D eigenvalue weighted by atomic mass is 9.96. The summed E-state index contributed by atoms with van der Waals surface area (Å²) in [7, 11) is 1.53. The number of aliphatic hydroxyl groups is 1. The van der Waals surface area contributed by atoms with Crippen molar-refractivity contribution in [2.24, 2.45) is 0 Å². The van der Waals surface area contributed by atoms with Crippen molar-refractivity contribution in [2.45, 2.75) is 38.2 Å². The first kappa shape index (κ1) is 11.3. The quantitative estimate of drug-likeness (QED) is 0.826. The Morgan fingerprint density at radius 3 is 2.38 bits per heavy atom. The van der Waals surface area contributed by atoms with E-state index in [2.05, 4.69) is 13.8 Å². The Labute approximate surface area is 95.7 Å². The standard InChI is InChI=1S/C13H18O3/c1-8(2)9-6-10(13(15)4-5-13)12(14)11(7-9)16-3/h6-8,14-15H,4-5H2,1-3H3. The van der Waals surface area contributed by atoms with Crippen molar-refractivity contribution in [3.05, 3.63) is 23.3 Å². The van der Waals surface area contributed by atoms with Gasteiger partial charge in [0.15, 0.2) is 11.5 Å². The van der Waals surface area contributed by atoms with Gasteiger partial charge >= 0.3 is 0 Å². The molecule has 3 nitrogen and oxygen atoms in total. The van der Waals surface area contributed by atoms with E-state index in [0.29, 0.717) is 30.1 Å². The van der Waals surface area contributed by atoms with E-state index < -0.39 is 5.60 Å². The lowest BCUT2D eigenvalue weighted by Gasteiger charge is -2.17. The minimum atomic E-state index is -0.831. The fourth-order valence-corrected chi connectivity index (χ4v) is 1.86. The number of ether oxygens (including phenoxy) is 1. The number of phenols is 1. The number of phenolic OH excluding ortho intramolecular Hbond substituents is 1.